The van der Waals surface area contributed by atoms with Crippen LogP contribution in [0, 0.1) is 23.2 Å². The van der Waals surface area contributed by atoms with Gasteiger partial charge in [0.05, 0.1) is 6.61 Å². The fourth-order valence-electron chi connectivity index (χ4n) is 4.83. The fourth-order valence-corrected chi connectivity index (χ4v) is 4.83. The molecule has 96 valence electrons. The van der Waals surface area contributed by atoms with Crippen LogP contribution < -0.4 is 5.32 Å². The average Bonchev–Trinajstić information content (AvgIpc) is 2.53. The highest BCUT2D eigenvalue weighted by Crippen LogP contribution is 2.57. The Morgan fingerprint density at radius 2 is 1.71 bits per heavy atom. The monoisotopic (exact) mass is 237 g/mol. The normalized spacial score (nSPS) is 43.5. The minimum Gasteiger partial charge on any atom is -0.395 e. The number of amides is 1. The first-order valence-corrected chi connectivity index (χ1v) is 7.11. The Morgan fingerprint density at radius 3 is 2.29 bits per heavy atom. The van der Waals surface area contributed by atoms with Crippen molar-refractivity contribution in [2.24, 2.45) is 23.2 Å². The Hall–Kier alpha value is -0.570. The highest BCUT2D eigenvalue weighted by Gasteiger charge is 2.52. The maximum Gasteiger partial charge on any atom is 0.226 e. The number of hydrogen-bond acceptors (Lipinski definition) is 2. The van der Waals surface area contributed by atoms with Crippen molar-refractivity contribution in [3.8, 4) is 0 Å². The van der Waals surface area contributed by atoms with Gasteiger partial charge in [-0.15, -0.1) is 0 Å². The molecule has 4 fully saturated rings. The van der Waals surface area contributed by atoms with Gasteiger partial charge in [0.1, 0.15) is 0 Å². The van der Waals surface area contributed by atoms with Crippen LogP contribution in [0.2, 0.25) is 0 Å². The third kappa shape index (κ3) is 1.99. The minimum atomic E-state index is -0.0673. The van der Waals surface area contributed by atoms with Crippen LogP contribution in [0.3, 0.4) is 0 Å². The van der Waals surface area contributed by atoms with E-state index in [0.29, 0.717) is 6.54 Å². The minimum absolute atomic E-state index is 0.0537. The Labute approximate surface area is 103 Å². The van der Waals surface area contributed by atoms with Gasteiger partial charge in [-0.05, 0) is 49.9 Å². The van der Waals surface area contributed by atoms with Crippen LogP contribution >= 0.6 is 0 Å². The predicted molar refractivity (Wildman–Crippen MR) is 65.3 cm³/mol. The van der Waals surface area contributed by atoms with Crippen molar-refractivity contribution in [2.75, 3.05) is 13.2 Å². The van der Waals surface area contributed by atoms with Crippen molar-refractivity contribution in [1.82, 2.24) is 5.32 Å². The summed E-state index contributed by atoms with van der Waals surface area (Å²) in [5.41, 5.74) is -0.0673. The molecule has 4 saturated carbocycles. The smallest absolute Gasteiger partial charge is 0.226 e. The van der Waals surface area contributed by atoms with Gasteiger partial charge in [0.25, 0.3) is 0 Å². The van der Waals surface area contributed by atoms with Crippen molar-refractivity contribution in [3.63, 3.8) is 0 Å². The van der Waals surface area contributed by atoms with E-state index >= 15 is 0 Å². The standard InChI is InChI=1S/C14H23NO2/c16-4-3-15-13(17)14-7-10-1-2-11(8-14)6-12(5-10)9-14/h10-12,16H,1-9H2,(H,15,17)/t10-,11-,12?,14?/m0/s1. The second kappa shape index (κ2) is 4.27. The Kier molecular flexibility index (Phi) is 2.89. The maximum atomic E-state index is 12.4. The largest absolute Gasteiger partial charge is 0.395 e. The number of fused-ring (bicyclic) bond motifs is 1. The van der Waals surface area contributed by atoms with Gasteiger partial charge < -0.3 is 10.4 Å². The van der Waals surface area contributed by atoms with Gasteiger partial charge in [-0.1, -0.05) is 12.8 Å². The quantitative estimate of drug-likeness (QED) is 0.785. The molecule has 17 heavy (non-hydrogen) atoms. The molecule has 0 aromatic heterocycles. The highest BCUT2D eigenvalue weighted by atomic mass is 16.3. The molecule has 0 aromatic carbocycles. The molecule has 0 aromatic rings. The summed E-state index contributed by atoms with van der Waals surface area (Å²) in [6.45, 7) is 0.471. The van der Waals surface area contributed by atoms with E-state index in [2.05, 4.69) is 5.32 Å². The SMILES string of the molecule is O=C(NCCO)C12CC3C[C@H](CC[C@@H](C3)C1)C2. The molecule has 1 amide bonds. The lowest BCUT2D eigenvalue weighted by Gasteiger charge is -2.47. The third-order valence-electron chi connectivity index (χ3n) is 5.23. The zero-order valence-electron chi connectivity index (χ0n) is 10.5. The van der Waals surface area contributed by atoms with Crippen LogP contribution in [0.1, 0.15) is 44.9 Å². The van der Waals surface area contributed by atoms with Gasteiger partial charge in [0.15, 0.2) is 0 Å². The molecule has 0 heterocycles. The third-order valence-corrected chi connectivity index (χ3v) is 5.23. The lowest BCUT2D eigenvalue weighted by molar-refractivity contribution is -0.138. The zero-order chi connectivity index (χ0) is 11.9. The van der Waals surface area contributed by atoms with Gasteiger partial charge >= 0.3 is 0 Å². The van der Waals surface area contributed by atoms with Gasteiger partial charge in [0, 0.05) is 12.0 Å². The second-order valence-electron chi connectivity index (χ2n) is 6.52. The average molecular weight is 237 g/mol. The van der Waals surface area contributed by atoms with E-state index in [1.54, 1.807) is 0 Å². The van der Waals surface area contributed by atoms with Crippen molar-refractivity contribution in [2.45, 2.75) is 44.9 Å². The van der Waals surface area contributed by atoms with Crippen molar-refractivity contribution < 1.29 is 9.90 Å². The summed E-state index contributed by atoms with van der Waals surface area (Å²) in [5, 5.41) is 11.8. The molecule has 2 atom stereocenters. The summed E-state index contributed by atoms with van der Waals surface area (Å²) >= 11 is 0. The van der Waals surface area contributed by atoms with E-state index < -0.39 is 0 Å². The van der Waals surface area contributed by atoms with Crippen LogP contribution in [0.5, 0.6) is 0 Å². The molecular weight excluding hydrogens is 214 g/mol. The fraction of sp³-hybridized carbons (Fsp3) is 0.929. The van der Waals surface area contributed by atoms with Crippen molar-refractivity contribution in [1.29, 1.82) is 0 Å². The van der Waals surface area contributed by atoms with Crippen molar-refractivity contribution in [3.05, 3.63) is 0 Å². The number of rotatable bonds is 3. The molecule has 4 aliphatic carbocycles. The molecule has 0 spiro atoms. The first-order chi connectivity index (χ1) is 8.22. The van der Waals surface area contributed by atoms with Crippen LogP contribution in [0.15, 0.2) is 0 Å². The Bertz CT molecular complexity index is 299. The Balaban J connectivity index is 1.79. The van der Waals surface area contributed by atoms with E-state index in [0.717, 1.165) is 37.0 Å². The van der Waals surface area contributed by atoms with E-state index in [9.17, 15) is 4.79 Å². The van der Waals surface area contributed by atoms with E-state index in [-0.39, 0.29) is 17.9 Å². The summed E-state index contributed by atoms with van der Waals surface area (Å²) in [6.07, 6.45) is 8.75. The lowest BCUT2D eigenvalue weighted by Crippen LogP contribution is -2.49. The van der Waals surface area contributed by atoms with Crippen molar-refractivity contribution >= 4 is 5.91 Å². The molecule has 0 saturated heterocycles. The molecular formula is C14H23NO2. The van der Waals surface area contributed by atoms with Crippen LogP contribution in [0.25, 0.3) is 0 Å². The molecule has 4 aliphatic rings. The molecule has 4 bridgehead atoms. The molecule has 0 unspecified atom stereocenters. The summed E-state index contributed by atoms with van der Waals surface area (Å²) in [7, 11) is 0. The predicted octanol–water partition coefficient (Wildman–Crippen LogP) is 1.70. The second-order valence-corrected chi connectivity index (χ2v) is 6.52. The number of aliphatic hydroxyl groups is 1. The summed E-state index contributed by atoms with van der Waals surface area (Å²) in [6, 6.07) is 0. The van der Waals surface area contributed by atoms with Crippen LogP contribution in [-0.4, -0.2) is 24.2 Å². The molecule has 4 rings (SSSR count). The summed E-state index contributed by atoms with van der Waals surface area (Å²) in [4.78, 5) is 12.4. The van der Waals surface area contributed by atoms with Gasteiger partial charge in [-0.3, -0.25) is 4.79 Å². The topological polar surface area (TPSA) is 49.3 Å². The van der Waals surface area contributed by atoms with Gasteiger partial charge in [0.2, 0.25) is 5.91 Å². The van der Waals surface area contributed by atoms with Gasteiger partial charge in [-0.25, -0.2) is 0 Å². The number of aliphatic hydroxyl groups excluding tert-OH is 1. The van der Waals surface area contributed by atoms with Gasteiger partial charge in [-0.2, -0.15) is 0 Å². The van der Waals surface area contributed by atoms with Crippen LogP contribution in [0.4, 0.5) is 0 Å². The first-order valence-electron chi connectivity index (χ1n) is 7.11. The lowest BCUT2D eigenvalue weighted by atomic mass is 9.58. The van der Waals surface area contributed by atoms with E-state index in [1.807, 2.05) is 0 Å². The number of nitrogens with one attached hydrogen (secondary N) is 1. The van der Waals surface area contributed by atoms with E-state index in [4.69, 9.17) is 5.11 Å². The highest BCUT2D eigenvalue weighted by molar-refractivity contribution is 5.83. The first kappa shape index (κ1) is 11.5. The number of carbonyl (C=O) groups excluding carboxylic acids is 1. The summed E-state index contributed by atoms with van der Waals surface area (Å²) in [5.74, 6) is 2.62. The maximum absolute atomic E-state index is 12.4. The van der Waals surface area contributed by atoms with Crippen LogP contribution in [-0.2, 0) is 4.79 Å². The number of hydrogen-bond donors (Lipinski definition) is 2. The number of carbonyl (C=O) groups is 1. The van der Waals surface area contributed by atoms with E-state index in [1.165, 1.54) is 25.7 Å². The molecule has 0 radical (unpaired) electrons. The zero-order valence-corrected chi connectivity index (χ0v) is 10.5. The summed E-state index contributed by atoms with van der Waals surface area (Å²) < 4.78 is 0. The molecule has 0 aliphatic heterocycles. The molecule has 3 heteroatoms. The molecule has 2 N–H and O–H groups in total. The Morgan fingerprint density at radius 1 is 1.12 bits per heavy atom. The molecule has 3 nitrogen and oxygen atoms in total.